The molecular weight excluding hydrogens is 347 g/mol. The second kappa shape index (κ2) is 8.97. The standard InChI is InChI=1S/C21H17FN2OS/c22-18-12-10-16(11-13-18)14-21(25)24-23-15-17-6-4-5-9-20(17)26-19-7-2-1-3-8-19/h1-13,15H,14H2,(H,24,25)/b23-15+. The van der Waals surface area contributed by atoms with Crippen LogP contribution in [-0.4, -0.2) is 12.1 Å². The molecule has 26 heavy (non-hydrogen) atoms. The Kier molecular flexibility index (Phi) is 6.17. The molecule has 1 amide bonds. The third-order valence-corrected chi connectivity index (χ3v) is 4.66. The van der Waals surface area contributed by atoms with Gasteiger partial charge < -0.3 is 0 Å². The second-order valence-corrected chi connectivity index (χ2v) is 6.66. The third-order valence-electron chi connectivity index (χ3n) is 3.56. The van der Waals surface area contributed by atoms with Crippen molar-refractivity contribution in [3.8, 4) is 0 Å². The minimum atomic E-state index is -0.320. The zero-order valence-corrected chi connectivity index (χ0v) is 14.7. The minimum Gasteiger partial charge on any atom is -0.273 e. The molecule has 1 N–H and O–H groups in total. The molecule has 0 atom stereocenters. The minimum absolute atomic E-state index is 0.151. The lowest BCUT2D eigenvalue weighted by Gasteiger charge is -2.05. The number of amides is 1. The number of carbonyl (C=O) groups is 1. The van der Waals surface area contributed by atoms with Gasteiger partial charge in [-0.1, -0.05) is 60.3 Å². The molecule has 3 aromatic carbocycles. The fourth-order valence-electron chi connectivity index (χ4n) is 2.30. The third kappa shape index (κ3) is 5.29. The summed E-state index contributed by atoms with van der Waals surface area (Å²) in [4.78, 5) is 14.1. The van der Waals surface area contributed by atoms with Gasteiger partial charge in [0.25, 0.3) is 0 Å². The molecule has 3 nitrogen and oxygen atoms in total. The van der Waals surface area contributed by atoms with E-state index < -0.39 is 0 Å². The molecule has 3 aromatic rings. The molecule has 0 aliphatic rings. The molecule has 0 heterocycles. The van der Waals surface area contributed by atoms with Crippen LogP contribution in [0.1, 0.15) is 11.1 Å². The average molecular weight is 364 g/mol. The summed E-state index contributed by atoms with van der Waals surface area (Å²) in [5, 5.41) is 4.05. The van der Waals surface area contributed by atoms with E-state index in [-0.39, 0.29) is 18.1 Å². The van der Waals surface area contributed by atoms with Gasteiger partial charge in [-0.05, 0) is 35.9 Å². The predicted molar refractivity (Wildman–Crippen MR) is 103 cm³/mol. The molecular formula is C21H17FN2OS. The fourth-order valence-corrected chi connectivity index (χ4v) is 3.23. The first-order chi connectivity index (χ1) is 12.7. The largest absolute Gasteiger partial charge is 0.273 e. The molecule has 0 radical (unpaired) electrons. The summed E-state index contributed by atoms with van der Waals surface area (Å²) in [7, 11) is 0. The molecule has 0 saturated carbocycles. The highest BCUT2D eigenvalue weighted by atomic mass is 32.2. The van der Waals surface area contributed by atoms with E-state index in [2.05, 4.69) is 10.5 Å². The number of hydrogen-bond acceptors (Lipinski definition) is 3. The zero-order chi connectivity index (χ0) is 18.2. The number of halogens is 1. The van der Waals surface area contributed by atoms with Crippen molar-refractivity contribution in [1.29, 1.82) is 0 Å². The van der Waals surface area contributed by atoms with Crippen molar-refractivity contribution in [2.45, 2.75) is 16.2 Å². The number of nitrogens with zero attached hydrogens (tertiary/aromatic N) is 1. The Morgan fingerprint density at radius 2 is 1.65 bits per heavy atom. The lowest BCUT2D eigenvalue weighted by Crippen LogP contribution is -2.19. The predicted octanol–water partition coefficient (Wildman–Crippen LogP) is 4.67. The molecule has 5 heteroatoms. The Morgan fingerprint density at radius 1 is 0.962 bits per heavy atom. The van der Waals surface area contributed by atoms with Crippen molar-refractivity contribution < 1.29 is 9.18 Å². The van der Waals surface area contributed by atoms with Crippen molar-refractivity contribution in [1.82, 2.24) is 5.43 Å². The number of rotatable bonds is 6. The molecule has 130 valence electrons. The molecule has 0 fully saturated rings. The van der Waals surface area contributed by atoms with Crippen molar-refractivity contribution in [2.24, 2.45) is 5.10 Å². The van der Waals surface area contributed by atoms with Crippen molar-refractivity contribution in [2.75, 3.05) is 0 Å². The smallest absolute Gasteiger partial charge is 0.244 e. The van der Waals surface area contributed by atoms with Gasteiger partial charge >= 0.3 is 0 Å². The highest BCUT2D eigenvalue weighted by molar-refractivity contribution is 7.99. The first-order valence-electron chi connectivity index (χ1n) is 8.09. The maximum Gasteiger partial charge on any atom is 0.244 e. The zero-order valence-electron chi connectivity index (χ0n) is 13.9. The highest BCUT2D eigenvalue weighted by Gasteiger charge is 2.04. The number of hydrogen-bond donors (Lipinski definition) is 1. The van der Waals surface area contributed by atoms with Crippen LogP contribution in [0, 0.1) is 5.82 Å². The van der Waals surface area contributed by atoms with E-state index >= 15 is 0 Å². The van der Waals surface area contributed by atoms with E-state index in [1.54, 1.807) is 30.1 Å². The average Bonchev–Trinajstić information content (AvgIpc) is 2.66. The number of carbonyl (C=O) groups excluding carboxylic acids is 1. The summed E-state index contributed by atoms with van der Waals surface area (Å²) in [6.07, 6.45) is 1.78. The number of benzene rings is 3. The molecule has 0 saturated heterocycles. The van der Waals surface area contributed by atoms with Gasteiger partial charge in [-0.3, -0.25) is 4.79 Å². The van der Waals surface area contributed by atoms with Gasteiger partial charge in [0.15, 0.2) is 0 Å². The Morgan fingerprint density at radius 3 is 2.42 bits per heavy atom. The fraction of sp³-hybridized carbons (Fsp3) is 0.0476. The number of nitrogens with one attached hydrogen (secondary N) is 1. The van der Waals surface area contributed by atoms with E-state index in [9.17, 15) is 9.18 Å². The SMILES string of the molecule is O=C(Cc1ccc(F)cc1)N/N=C/c1ccccc1Sc1ccccc1. The van der Waals surface area contributed by atoms with Crippen LogP contribution in [0.5, 0.6) is 0 Å². The highest BCUT2D eigenvalue weighted by Crippen LogP contribution is 2.29. The van der Waals surface area contributed by atoms with E-state index in [1.807, 2.05) is 54.6 Å². The Bertz CT molecular complexity index is 895. The van der Waals surface area contributed by atoms with Gasteiger partial charge in [0.05, 0.1) is 12.6 Å². The Labute approximate surface area is 156 Å². The molecule has 0 spiro atoms. The van der Waals surface area contributed by atoms with Crippen LogP contribution < -0.4 is 5.43 Å². The van der Waals surface area contributed by atoms with E-state index in [0.717, 1.165) is 20.9 Å². The van der Waals surface area contributed by atoms with Gasteiger partial charge in [-0.25, -0.2) is 9.82 Å². The summed E-state index contributed by atoms with van der Waals surface area (Å²) in [6.45, 7) is 0. The van der Waals surface area contributed by atoms with Crippen LogP contribution in [0.25, 0.3) is 0 Å². The molecule has 0 bridgehead atoms. The van der Waals surface area contributed by atoms with E-state index in [0.29, 0.717) is 0 Å². The van der Waals surface area contributed by atoms with Crippen LogP contribution in [0.15, 0.2) is 93.8 Å². The Balaban J connectivity index is 1.61. The van der Waals surface area contributed by atoms with Gasteiger partial charge in [0.2, 0.25) is 5.91 Å². The lowest BCUT2D eigenvalue weighted by atomic mass is 10.1. The van der Waals surface area contributed by atoms with Gasteiger partial charge in [0.1, 0.15) is 5.82 Å². The second-order valence-electron chi connectivity index (χ2n) is 5.55. The molecule has 0 aromatic heterocycles. The first kappa shape index (κ1) is 17.9. The summed E-state index contributed by atoms with van der Waals surface area (Å²) in [5.74, 6) is -0.569. The summed E-state index contributed by atoms with van der Waals surface area (Å²) >= 11 is 1.64. The van der Waals surface area contributed by atoms with Crippen LogP contribution >= 0.6 is 11.8 Å². The quantitative estimate of drug-likeness (QED) is 0.510. The lowest BCUT2D eigenvalue weighted by molar-refractivity contribution is -0.120. The van der Waals surface area contributed by atoms with Gasteiger partial charge in [0, 0.05) is 15.4 Å². The topological polar surface area (TPSA) is 41.5 Å². The molecule has 0 aliphatic carbocycles. The first-order valence-corrected chi connectivity index (χ1v) is 8.90. The van der Waals surface area contributed by atoms with Gasteiger partial charge in [-0.2, -0.15) is 5.10 Å². The summed E-state index contributed by atoms with van der Waals surface area (Å²) in [5.41, 5.74) is 4.17. The normalized spacial score (nSPS) is 10.8. The molecule has 0 unspecified atom stereocenters. The Hall–Kier alpha value is -2.92. The molecule has 0 aliphatic heterocycles. The number of hydrazone groups is 1. The van der Waals surface area contributed by atoms with Crippen LogP contribution in [-0.2, 0) is 11.2 Å². The van der Waals surface area contributed by atoms with Crippen LogP contribution in [0.3, 0.4) is 0 Å². The van der Waals surface area contributed by atoms with Crippen molar-refractivity contribution >= 4 is 23.9 Å². The van der Waals surface area contributed by atoms with E-state index in [4.69, 9.17) is 0 Å². The van der Waals surface area contributed by atoms with Crippen LogP contribution in [0.4, 0.5) is 4.39 Å². The maximum absolute atomic E-state index is 12.9. The van der Waals surface area contributed by atoms with Crippen molar-refractivity contribution in [3.63, 3.8) is 0 Å². The summed E-state index contributed by atoms with van der Waals surface area (Å²) in [6, 6.07) is 23.8. The monoisotopic (exact) mass is 364 g/mol. The maximum atomic E-state index is 12.9. The van der Waals surface area contributed by atoms with E-state index in [1.165, 1.54) is 12.1 Å². The van der Waals surface area contributed by atoms with Crippen molar-refractivity contribution in [3.05, 3.63) is 95.8 Å². The van der Waals surface area contributed by atoms with Crippen LogP contribution in [0.2, 0.25) is 0 Å². The van der Waals surface area contributed by atoms with Gasteiger partial charge in [-0.15, -0.1) is 0 Å². The summed E-state index contributed by atoms with van der Waals surface area (Å²) < 4.78 is 12.9. The molecule has 3 rings (SSSR count).